The number of amides is 1. The molecule has 1 fully saturated rings. The van der Waals surface area contributed by atoms with Crippen LogP contribution in [0.2, 0.25) is 0 Å². The Kier molecular flexibility index (Phi) is 3.50. The average Bonchev–Trinajstić information content (AvgIpc) is 2.98. The van der Waals surface area contributed by atoms with Crippen LogP contribution >= 0.6 is 0 Å². The number of hydrogen-bond donors (Lipinski definition) is 0. The van der Waals surface area contributed by atoms with E-state index in [4.69, 9.17) is 0 Å². The Labute approximate surface area is 118 Å². The van der Waals surface area contributed by atoms with E-state index in [0.29, 0.717) is 5.92 Å². The Morgan fingerprint density at radius 1 is 1.20 bits per heavy atom. The molecule has 3 rings (SSSR count). The van der Waals surface area contributed by atoms with Crippen LogP contribution in [-0.2, 0) is 0 Å². The third kappa shape index (κ3) is 2.57. The van der Waals surface area contributed by atoms with Crippen molar-refractivity contribution < 1.29 is 4.79 Å². The van der Waals surface area contributed by atoms with Crippen LogP contribution < -0.4 is 0 Å². The first-order valence-electron chi connectivity index (χ1n) is 7.00. The summed E-state index contributed by atoms with van der Waals surface area (Å²) < 4.78 is 1.64. The highest BCUT2D eigenvalue weighted by Crippen LogP contribution is 2.17. The van der Waals surface area contributed by atoms with Gasteiger partial charge < -0.3 is 4.90 Å². The molecule has 5 heteroatoms. The maximum Gasteiger partial charge on any atom is 0.293 e. The van der Waals surface area contributed by atoms with E-state index in [1.807, 2.05) is 35.2 Å². The van der Waals surface area contributed by atoms with Gasteiger partial charge in [0.2, 0.25) is 5.82 Å². The largest absolute Gasteiger partial charge is 0.336 e. The summed E-state index contributed by atoms with van der Waals surface area (Å²) in [5.74, 6) is 0.920. The second-order valence-corrected chi connectivity index (χ2v) is 5.32. The van der Waals surface area contributed by atoms with Crippen molar-refractivity contribution in [3.05, 3.63) is 42.5 Å². The van der Waals surface area contributed by atoms with Gasteiger partial charge in [-0.1, -0.05) is 25.1 Å². The van der Waals surface area contributed by atoms with Gasteiger partial charge in [-0.3, -0.25) is 4.79 Å². The highest BCUT2D eigenvalue weighted by Gasteiger charge is 2.24. The molecule has 104 valence electrons. The Hall–Kier alpha value is -2.17. The Bertz CT molecular complexity index is 585. The Morgan fingerprint density at radius 2 is 1.90 bits per heavy atom. The molecule has 1 amide bonds. The lowest BCUT2D eigenvalue weighted by Crippen LogP contribution is -2.38. The molecular formula is C15H18N4O. The first-order chi connectivity index (χ1) is 9.74. The lowest BCUT2D eigenvalue weighted by atomic mass is 9.99. The molecule has 1 saturated heterocycles. The van der Waals surface area contributed by atoms with Crippen molar-refractivity contribution in [1.29, 1.82) is 0 Å². The number of carbonyl (C=O) groups excluding carboxylic acids is 1. The van der Waals surface area contributed by atoms with Gasteiger partial charge in [0.25, 0.3) is 5.91 Å². The molecule has 2 heterocycles. The van der Waals surface area contributed by atoms with Crippen molar-refractivity contribution in [2.24, 2.45) is 5.92 Å². The molecule has 0 unspecified atom stereocenters. The molecular weight excluding hydrogens is 252 g/mol. The minimum Gasteiger partial charge on any atom is -0.336 e. The van der Waals surface area contributed by atoms with Crippen LogP contribution in [-0.4, -0.2) is 38.7 Å². The van der Waals surface area contributed by atoms with Crippen molar-refractivity contribution in [1.82, 2.24) is 19.7 Å². The van der Waals surface area contributed by atoms with Gasteiger partial charge in [-0.2, -0.15) is 0 Å². The van der Waals surface area contributed by atoms with E-state index in [0.717, 1.165) is 31.6 Å². The van der Waals surface area contributed by atoms with E-state index in [-0.39, 0.29) is 11.7 Å². The number of hydrogen-bond acceptors (Lipinski definition) is 3. The lowest BCUT2D eigenvalue weighted by molar-refractivity contribution is 0.0685. The van der Waals surface area contributed by atoms with Gasteiger partial charge in [-0.25, -0.2) is 9.67 Å². The molecule has 1 aromatic carbocycles. The van der Waals surface area contributed by atoms with Gasteiger partial charge >= 0.3 is 0 Å². The zero-order valence-corrected chi connectivity index (χ0v) is 11.6. The van der Waals surface area contributed by atoms with Crippen molar-refractivity contribution in [2.75, 3.05) is 13.1 Å². The second-order valence-electron chi connectivity index (χ2n) is 5.32. The molecule has 0 radical (unpaired) electrons. The molecule has 2 aromatic rings. The molecule has 0 atom stereocenters. The summed E-state index contributed by atoms with van der Waals surface area (Å²) in [5.41, 5.74) is 0.909. The van der Waals surface area contributed by atoms with Crippen LogP contribution in [0.1, 0.15) is 30.4 Å². The minimum atomic E-state index is -0.0634. The van der Waals surface area contributed by atoms with Crippen LogP contribution in [0.4, 0.5) is 0 Å². The summed E-state index contributed by atoms with van der Waals surface area (Å²) in [6, 6.07) is 9.69. The number of rotatable bonds is 2. The highest BCUT2D eigenvalue weighted by atomic mass is 16.2. The number of piperidine rings is 1. The molecule has 1 aromatic heterocycles. The molecule has 1 aliphatic rings. The van der Waals surface area contributed by atoms with Crippen molar-refractivity contribution in [3.8, 4) is 5.69 Å². The second kappa shape index (κ2) is 5.45. The van der Waals surface area contributed by atoms with Gasteiger partial charge in [-0.15, -0.1) is 5.10 Å². The Balaban J connectivity index is 1.75. The summed E-state index contributed by atoms with van der Waals surface area (Å²) in [5, 5.41) is 4.29. The van der Waals surface area contributed by atoms with E-state index in [1.54, 1.807) is 11.0 Å². The maximum absolute atomic E-state index is 12.3. The third-order valence-corrected chi connectivity index (χ3v) is 3.77. The van der Waals surface area contributed by atoms with Gasteiger partial charge in [0, 0.05) is 13.1 Å². The van der Waals surface area contributed by atoms with E-state index in [1.165, 1.54) is 0 Å². The molecule has 0 spiro atoms. The number of carbonyl (C=O) groups is 1. The summed E-state index contributed by atoms with van der Waals surface area (Å²) in [6.07, 6.45) is 3.71. The summed E-state index contributed by atoms with van der Waals surface area (Å²) >= 11 is 0. The highest BCUT2D eigenvalue weighted by molar-refractivity contribution is 5.90. The lowest BCUT2D eigenvalue weighted by Gasteiger charge is -2.29. The quantitative estimate of drug-likeness (QED) is 0.840. The van der Waals surface area contributed by atoms with Gasteiger partial charge in [0.15, 0.2) is 0 Å². The van der Waals surface area contributed by atoms with E-state index in [9.17, 15) is 4.79 Å². The first kappa shape index (κ1) is 12.8. The molecule has 0 aliphatic carbocycles. The van der Waals surface area contributed by atoms with Gasteiger partial charge in [-0.05, 0) is 30.9 Å². The van der Waals surface area contributed by atoms with Crippen molar-refractivity contribution in [2.45, 2.75) is 19.8 Å². The molecule has 0 bridgehead atoms. The standard InChI is InChI=1S/C15H18N4O/c1-12-7-9-18(10-8-12)15(20)14-16-11-19(17-14)13-5-3-2-4-6-13/h2-6,11-12H,7-10H2,1H3. The van der Waals surface area contributed by atoms with Gasteiger partial charge in [0.1, 0.15) is 6.33 Å². The molecule has 5 nitrogen and oxygen atoms in total. The van der Waals surface area contributed by atoms with Crippen LogP contribution in [0.25, 0.3) is 5.69 Å². The molecule has 0 saturated carbocycles. The summed E-state index contributed by atoms with van der Waals surface area (Å²) in [6.45, 7) is 3.84. The Morgan fingerprint density at radius 3 is 2.60 bits per heavy atom. The zero-order chi connectivity index (χ0) is 13.9. The van der Waals surface area contributed by atoms with Crippen molar-refractivity contribution >= 4 is 5.91 Å². The summed E-state index contributed by atoms with van der Waals surface area (Å²) in [7, 11) is 0. The third-order valence-electron chi connectivity index (χ3n) is 3.77. The number of para-hydroxylation sites is 1. The van der Waals surface area contributed by atoms with Crippen LogP contribution in [0.15, 0.2) is 36.7 Å². The normalized spacial score (nSPS) is 16.4. The average molecular weight is 270 g/mol. The maximum atomic E-state index is 12.3. The van der Waals surface area contributed by atoms with Crippen LogP contribution in [0.3, 0.4) is 0 Å². The number of aromatic nitrogens is 3. The van der Waals surface area contributed by atoms with Crippen LogP contribution in [0.5, 0.6) is 0 Å². The monoisotopic (exact) mass is 270 g/mol. The number of benzene rings is 1. The van der Waals surface area contributed by atoms with Crippen LogP contribution in [0, 0.1) is 5.92 Å². The fraction of sp³-hybridized carbons (Fsp3) is 0.400. The fourth-order valence-corrected chi connectivity index (χ4v) is 2.42. The van der Waals surface area contributed by atoms with E-state index >= 15 is 0 Å². The molecule has 0 N–H and O–H groups in total. The zero-order valence-electron chi connectivity index (χ0n) is 11.6. The first-order valence-corrected chi connectivity index (χ1v) is 7.00. The fourth-order valence-electron chi connectivity index (χ4n) is 2.42. The van der Waals surface area contributed by atoms with Crippen molar-refractivity contribution in [3.63, 3.8) is 0 Å². The minimum absolute atomic E-state index is 0.0634. The van der Waals surface area contributed by atoms with E-state index < -0.39 is 0 Å². The SMILES string of the molecule is CC1CCN(C(=O)c2ncn(-c3ccccc3)n2)CC1. The molecule has 20 heavy (non-hydrogen) atoms. The molecule has 1 aliphatic heterocycles. The van der Waals surface area contributed by atoms with Gasteiger partial charge in [0.05, 0.1) is 5.69 Å². The predicted molar refractivity (Wildman–Crippen MR) is 75.7 cm³/mol. The smallest absolute Gasteiger partial charge is 0.293 e. The number of nitrogens with zero attached hydrogens (tertiary/aromatic N) is 4. The number of likely N-dealkylation sites (tertiary alicyclic amines) is 1. The summed E-state index contributed by atoms with van der Waals surface area (Å²) in [4.78, 5) is 18.3. The van der Waals surface area contributed by atoms with E-state index in [2.05, 4.69) is 17.0 Å². The predicted octanol–water partition coefficient (Wildman–Crippen LogP) is 2.14. The topological polar surface area (TPSA) is 51.0 Å².